The maximum atomic E-state index is 5.72. The lowest BCUT2D eigenvalue weighted by atomic mass is 9.96. The molecule has 3 heteroatoms. The molecule has 0 aliphatic heterocycles. The molecule has 0 heterocycles. The van der Waals surface area contributed by atoms with E-state index in [9.17, 15) is 0 Å². The number of thioether (sulfide) groups is 1. The Morgan fingerprint density at radius 2 is 1.93 bits per heavy atom. The lowest BCUT2D eigenvalue weighted by Crippen LogP contribution is -2.36. The maximum Gasteiger partial charge on any atom is 0.00467 e. The molecule has 0 amide bonds. The zero-order chi connectivity index (χ0) is 11.0. The van der Waals surface area contributed by atoms with E-state index >= 15 is 0 Å². The van der Waals surface area contributed by atoms with Crippen LogP contribution in [-0.2, 0) is 0 Å². The molecule has 2 unspecified atom stereocenters. The molecule has 0 saturated heterocycles. The predicted octanol–water partition coefficient (Wildman–Crippen LogP) is 1.95. The van der Waals surface area contributed by atoms with Crippen molar-refractivity contribution < 1.29 is 0 Å². The van der Waals surface area contributed by atoms with Crippen molar-refractivity contribution in [1.29, 1.82) is 0 Å². The minimum Gasteiger partial charge on any atom is -0.330 e. The number of rotatable bonds is 8. The topological polar surface area (TPSA) is 38.0 Å². The van der Waals surface area contributed by atoms with Gasteiger partial charge in [-0.2, -0.15) is 11.8 Å². The Morgan fingerprint density at radius 3 is 2.36 bits per heavy atom. The summed E-state index contributed by atoms with van der Waals surface area (Å²) < 4.78 is 0. The summed E-state index contributed by atoms with van der Waals surface area (Å²) in [6.07, 6.45) is 3.40. The molecule has 2 atom stereocenters. The summed E-state index contributed by atoms with van der Waals surface area (Å²) >= 11 is 1.91. The van der Waals surface area contributed by atoms with Crippen molar-refractivity contribution in [2.75, 3.05) is 25.1 Å². The van der Waals surface area contributed by atoms with Gasteiger partial charge in [0.25, 0.3) is 0 Å². The third-order valence-corrected chi connectivity index (χ3v) is 3.37. The summed E-state index contributed by atoms with van der Waals surface area (Å²) in [6, 6.07) is 0.621. The van der Waals surface area contributed by atoms with Crippen LogP contribution in [0.25, 0.3) is 0 Å². The standard InChI is InChI=1S/C11H26N2S/c1-9(2)11(7-12)8-13-10(3)5-6-14-4/h9-11,13H,5-8,12H2,1-4H3. The Balaban J connectivity index is 3.57. The monoisotopic (exact) mass is 218 g/mol. The fourth-order valence-electron chi connectivity index (χ4n) is 1.34. The fourth-order valence-corrected chi connectivity index (χ4v) is 1.93. The van der Waals surface area contributed by atoms with Crippen LogP contribution in [0, 0.1) is 11.8 Å². The van der Waals surface area contributed by atoms with Crippen molar-refractivity contribution >= 4 is 11.8 Å². The van der Waals surface area contributed by atoms with E-state index in [1.165, 1.54) is 12.2 Å². The second-order valence-corrected chi connectivity index (χ2v) is 5.32. The van der Waals surface area contributed by atoms with Crippen LogP contribution in [0.3, 0.4) is 0 Å². The molecule has 0 aliphatic carbocycles. The van der Waals surface area contributed by atoms with Gasteiger partial charge in [0.1, 0.15) is 0 Å². The minimum atomic E-state index is 0.617. The van der Waals surface area contributed by atoms with Crippen LogP contribution in [0.4, 0.5) is 0 Å². The second-order valence-electron chi connectivity index (χ2n) is 4.33. The van der Waals surface area contributed by atoms with Gasteiger partial charge in [0.2, 0.25) is 0 Å². The largest absolute Gasteiger partial charge is 0.330 e. The molecule has 0 spiro atoms. The normalized spacial score (nSPS) is 15.9. The highest BCUT2D eigenvalue weighted by Gasteiger charge is 2.12. The molecule has 2 nitrogen and oxygen atoms in total. The first kappa shape index (κ1) is 14.3. The molecule has 3 N–H and O–H groups in total. The van der Waals surface area contributed by atoms with Crippen molar-refractivity contribution in [3.05, 3.63) is 0 Å². The van der Waals surface area contributed by atoms with Crippen LogP contribution < -0.4 is 11.1 Å². The van der Waals surface area contributed by atoms with Crippen LogP contribution in [-0.4, -0.2) is 31.1 Å². The summed E-state index contributed by atoms with van der Waals surface area (Å²) in [7, 11) is 0. The van der Waals surface area contributed by atoms with Gasteiger partial charge >= 0.3 is 0 Å². The molecular weight excluding hydrogens is 192 g/mol. The second kappa shape index (κ2) is 8.57. The molecule has 86 valence electrons. The van der Waals surface area contributed by atoms with Crippen molar-refractivity contribution in [2.45, 2.75) is 33.2 Å². The van der Waals surface area contributed by atoms with E-state index in [-0.39, 0.29) is 0 Å². The lowest BCUT2D eigenvalue weighted by Gasteiger charge is -2.22. The zero-order valence-corrected chi connectivity index (χ0v) is 10.9. The molecule has 0 aromatic rings. The molecule has 0 fully saturated rings. The third kappa shape index (κ3) is 6.68. The van der Waals surface area contributed by atoms with Crippen LogP contribution in [0.2, 0.25) is 0 Å². The summed E-state index contributed by atoms with van der Waals surface area (Å²) in [4.78, 5) is 0. The summed E-state index contributed by atoms with van der Waals surface area (Å²) in [5.41, 5.74) is 5.72. The molecule has 0 saturated carbocycles. The zero-order valence-electron chi connectivity index (χ0n) is 10.0. The Morgan fingerprint density at radius 1 is 1.29 bits per heavy atom. The number of nitrogens with two attached hydrogens (primary N) is 1. The lowest BCUT2D eigenvalue weighted by molar-refractivity contribution is 0.352. The van der Waals surface area contributed by atoms with E-state index in [1.807, 2.05) is 11.8 Å². The first-order valence-corrected chi connectivity index (χ1v) is 6.93. The Kier molecular flexibility index (Phi) is 8.73. The van der Waals surface area contributed by atoms with Gasteiger partial charge in [0.05, 0.1) is 0 Å². The van der Waals surface area contributed by atoms with Crippen molar-refractivity contribution in [2.24, 2.45) is 17.6 Å². The molecular formula is C11H26N2S. The first-order valence-electron chi connectivity index (χ1n) is 5.54. The van der Waals surface area contributed by atoms with E-state index in [0.717, 1.165) is 13.1 Å². The number of nitrogens with one attached hydrogen (secondary N) is 1. The molecule has 14 heavy (non-hydrogen) atoms. The van der Waals surface area contributed by atoms with E-state index < -0.39 is 0 Å². The third-order valence-electron chi connectivity index (χ3n) is 2.73. The highest BCUT2D eigenvalue weighted by molar-refractivity contribution is 7.98. The van der Waals surface area contributed by atoms with Crippen LogP contribution in [0.1, 0.15) is 27.2 Å². The van der Waals surface area contributed by atoms with Gasteiger partial charge in [-0.3, -0.25) is 0 Å². The van der Waals surface area contributed by atoms with Crippen LogP contribution in [0.15, 0.2) is 0 Å². The van der Waals surface area contributed by atoms with E-state index in [4.69, 9.17) is 5.73 Å². The summed E-state index contributed by atoms with van der Waals surface area (Å²) in [5.74, 6) is 2.54. The molecule has 0 aromatic heterocycles. The van der Waals surface area contributed by atoms with Crippen molar-refractivity contribution in [3.63, 3.8) is 0 Å². The van der Waals surface area contributed by atoms with Gasteiger partial charge < -0.3 is 11.1 Å². The molecule has 0 aliphatic rings. The summed E-state index contributed by atoms with van der Waals surface area (Å²) in [6.45, 7) is 8.59. The molecule has 0 bridgehead atoms. The van der Waals surface area contributed by atoms with Gasteiger partial charge in [-0.15, -0.1) is 0 Å². The van der Waals surface area contributed by atoms with Gasteiger partial charge in [-0.1, -0.05) is 13.8 Å². The number of hydrogen-bond acceptors (Lipinski definition) is 3. The fraction of sp³-hybridized carbons (Fsp3) is 1.00. The number of hydrogen-bond donors (Lipinski definition) is 2. The first-order chi connectivity index (χ1) is 6.61. The smallest absolute Gasteiger partial charge is 0.00467 e. The van der Waals surface area contributed by atoms with Gasteiger partial charge in [0.15, 0.2) is 0 Å². The van der Waals surface area contributed by atoms with Gasteiger partial charge in [-0.05, 0) is 50.3 Å². The van der Waals surface area contributed by atoms with E-state index in [0.29, 0.717) is 17.9 Å². The quantitative estimate of drug-likeness (QED) is 0.654. The van der Waals surface area contributed by atoms with Crippen molar-refractivity contribution in [3.8, 4) is 0 Å². The average Bonchev–Trinajstić information content (AvgIpc) is 2.15. The Hall–Kier alpha value is 0.270. The van der Waals surface area contributed by atoms with Crippen LogP contribution in [0.5, 0.6) is 0 Å². The minimum absolute atomic E-state index is 0.617. The van der Waals surface area contributed by atoms with Crippen molar-refractivity contribution in [1.82, 2.24) is 5.32 Å². The molecule has 0 aromatic carbocycles. The average molecular weight is 218 g/mol. The highest BCUT2D eigenvalue weighted by atomic mass is 32.2. The Bertz CT molecular complexity index is 128. The highest BCUT2D eigenvalue weighted by Crippen LogP contribution is 2.08. The predicted molar refractivity (Wildman–Crippen MR) is 67.8 cm³/mol. The molecule has 0 rings (SSSR count). The van der Waals surface area contributed by atoms with Gasteiger partial charge in [-0.25, -0.2) is 0 Å². The van der Waals surface area contributed by atoms with Crippen LogP contribution >= 0.6 is 11.8 Å². The van der Waals surface area contributed by atoms with E-state index in [1.54, 1.807) is 0 Å². The van der Waals surface area contributed by atoms with E-state index in [2.05, 4.69) is 32.3 Å². The molecule has 0 radical (unpaired) electrons. The maximum absolute atomic E-state index is 5.72. The Labute approximate surface area is 93.4 Å². The van der Waals surface area contributed by atoms with Gasteiger partial charge in [0, 0.05) is 6.04 Å². The SMILES string of the molecule is CSCCC(C)NCC(CN)C(C)C. The summed E-state index contributed by atoms with van der Waals surface area (Å²) in [5, 5.41) is 3.56.